The molecule has 2 N–H and O–H groups in total. The quantitative estimate of drug-likeness (QED) is 0.641. The van der Waals surface area contributed by atoms with E-state index < -0.39 is 0 Å². The molecule has 1 rings (SSSR count). The maximum Gasteiger partial charge on any atom is 0.0826 e. The normalized spacial score (nSPS) is 26.4. The van der Waals surface area contributed by atoms with E-state index in [2.05, 4.69) is 24.2 Å². The van der Waals surface area contributed by atoms with Crippen LogP contribution in [0, 0.1) is 0 Å². The molecular formula is C10H22N2O2. The summed E-state index contributed by atoms with van der Waals surface area (Å²) in [6.07, 6.45) is 1.11. The molecule has 0 saturated carbocycles. The Hall–Kier alpha value is -0.160. The van der Waals surface area contributed by atoms with E-state index in [0.29, 0.717) is 12.1 Å². The fourth-order valence-corrected chi connectivity index (χ4v) is 1.62. The van der Waals surface area contributed by atoms with E-state index in [9.17, 15) is 0 Å². The maximum absolute atomic E-state index is 8.74. The van der Waals surface area contributed by atoms with Crippen molar-refractivity contribution in [3.63, 3.8) is 0 Å². The van der Waals surface area contributed by atoms with Gasteiger partial charge in [0.15, 0.2) is 0 Å². The number of aliphatic hydroxyl groups excluding tert-OH is 1. The lowest BCUT2D eigenvalue weighted by molar-refractivity contribution is -0.0193. The highest BCUT2D eigenvalue weighted by molar-refractivity contribution is 4.72. The first-order chi connectivity index (χ1) is 6.72. The largest absolute Gasteiger partial charge is 0.396 e. The second-order valence-corrected chi connectivity index (χ2v) is 4.08. The van der Waals surface area contributed by atoms with Crippen LogP contribution in [0.4, 0.5) is 0 Å². The van der Waals surface area contributed by atoms with Gasteiger partial charge >= 0.3 is 0 Å². The SMILES string of the molecule is CC(CCO)NCC1CN(C)CCO1. The molecule has 0 aromatic rings. The average Bonchev–Trinajstić information content (AvgIpc) is 2.15. The Morgan fingerprint density at radius 1 is 1.64 bits per heavy atom. The van der Waals surface area contributed by atoms with Crippen molar-refractivity contribution in [3.05, 3.63) is 0 Å². The van der Waals surface area contributed by atoms with E-state index in [1.165, 1.54) is 0 Å². The molecule has 0 spiro atoms. The predicted molar refractivity (Wildman–Crippen MR) is 56.4 cm³/mol. The van der Waals surface area contributed by atoms with Gasteiger partial charge in [-0.05, 0) is 20.4 Å². The van der Waals surface area contributed by atoms with E-state index in [1.807, 2.05) is 0 Å². The molecule has 0 bridgehead atoms. The number of nitrogens with zero attached hydrogens (tertiary/aromatic N) is 1. The van der Waals surface area contributed by atoms with Crippen LogP contribution in [0.2, 0.25) is 0 Å². The van der Waals surface area contributed by atoms with Gasteiger partial charge in [-0.2, -0.15) is 0 Å². The Morgan fingerprint density at radius 3 is 3.07 bits per heavy atom. The fraction of sp³-hybridized carbons (Fsp3) is 1.00. The molecule has 0 radical (unpaired) electrons. The van der Waals surface area contributed by atoms with Gasteiger partial charge in [-0.3, -0.25) is 0 Å². The topological polar surface area (TPSA) is 44.7 Å². The third-order valence-corrected chi connectivity index (χ3v) is 2.60. The van der Waals surface area contributed by atoms with Gasteiger partial charge < -0.3 is 20.1 Å². The average molecular weight is 202 g/mol. The second kappa shape index (κ2) is 6.35. The van der Waals surface area contributed by atoms with E-state index in [1.54, 1.807) is 0 Å². The minimum Gasteiger partial charge on any atom is -0.396 e. The molecule has 14 heavy (non-hydrogen) atoms. The summed E-state index contributed by atoms with van der Waals surface area (Å²) < 4.78 is 5.61. The lowest BCUT2D eigenvalue weighted by Crippen LogP contribution is -2.46. The summed E-state index contributed by atoms with van der Waals surface area (Å²) in [6.45, 7) is 6.08. The third kappa shape index (κ3) is 4.37. The summed E-state index contributed by atoms with van der Waals surface area (Å²) in [7, 11) is 2.12. The van der Waals surface area contributed by atoms with Crippen LogP contribution in [0.5, 0.6) is 0 Å². The molecular weight excluding hydrogens is 180 g/mol. The van der Waals surface area contributed by atoms with Gasteiger partial charge in [0, 0.05) is 32.3 Å². The summed E-state index contributed by atoms with van der Waals surface area (Å²) in [5.74, 6) is 0. The summed E-state index contributed by atoms with van der Waals surface area (Å²) in [5, 5.41) is 12.1. The van der Waals surface area contributed by atoms with Crippen LogP contribution in [0.3, 0.4) is 0 Å². The number of aliphatic hydroxyl groups is 1. The highest BCUT2D eigenvalue weighted by Gasteiger charge is 2.17. The van der Waals surface area contributed by atoms with Gasteiger partial charge in [0.05, 0.1) is 12.7 Å². The van der Waals surface area contributed by atoms with Crippen molar-refractivity contribution in [1.82, 2.24) is 10.2 Å². The maximum atomic E-state index is 8.74. The summed E-state index contributed by atoms with van der Waals surface area (Å²) in [5.41, 5.74) is 0. The number of rotatable bonds is 5. The zero-order valence-electron chi connectivity index (χ0n) is 9.20. The molecule has 0 amide bonds. The Kier molecular flexibility index (Phi) is 5.40. The Balaban J connectivity index is 2.10. The molecule has 1 aliphatic rings. The first-order valence-corrected chi connectivity index (χ1v) is 5.36. The van der Waals surface area contributed by atoms with Crippen LogP contribution in [0.1, 0.15) is 13.3 Å². The van der Waals surface area contributed by atoms with Gasteiger partial charge in [-0.1, -0.05) is 0 Å². The van der Waals surface area contributed by atoms with Crippen LogP contribution in [0.25, 0.3) is 0 Å². The van der Waals surface area contributed by atoms with Crippen molar-refractivity contribution >= 4 is 0 Å². The Bertz CT molecular complexity index is 155. The Labute approximate surface area is 86.2 Å². The predicted octanol–water partition coefficient (Wildman–Crippen LogP) is -0.322. The number of nitrogens with one attached hydrogen (secondary N) is 1. The van der Waals surface area contributed by atoms with E-state index >= 15 is 0 Å². The number of morpholine rings is 1. The molecule has 4 nitrogen and oxygen atoms in total. The Morgan fingerprint density at radius 2 is 2.43 bits per heavy atom. The second-order valence-electron chi connectivity index (χ2n) is 4.08. The molecule has 0 aliphatic carbocycles. The summed E-state index contributed by atoms with van der Waals surface area (Å²) in [4.78, 5) is 2.28. The van der Waals surface area contributed by atoms with Crippen molar-refractivity contribution in [2.75, 3.05) is 39.9 Å². The van der Waals surface area contributed by atoms with Crippen molar-refractivity contribution in [2.45, 2.75) is 25.5 Å². The molecule has 1 saturated heterocycles. The number of hydrogen-bond acceptors (Lipinski definition) is 4. The molecule has 1 aliphatic heterocycles. The molecule has 0 aromatic carbocycles. The monoisotopic (exact) mass is 202 g/mol. The van der Waals surface area contributed by atoms with Gasteiger partial charge in [0.25, 0.3) is 0 Å². The molecule has 2 unspecified atom stereocenters. The van der Waals surface area contributed by atoms with Gasteiger partial charge in [0.1, 0.15) is 0 Å². The van der Waals surface area contributed by atoms with E-state index in [4.69, 9.17) is 9.84 Å². The van der Waals surface area contributed by atoms with Crippen molar-refractivity contribution in [3.8, 4) is 0 Å². The summed E-state index contributed by atoms with van der Waals surface area (Å²) >= 11 is 0. The standard InChI is InChI=1S/C10H22N2O2/c1-9(3-5-13)11-7-10-8-12(2)4-6-14-10/h9-11,13H,3-8H2,1-2H3. The van der Waals surface area contributed by atoms with Crippen LogP contribution < -0.4 is 5.32 Å². The molecule has 2 atom stereocenters. The van der Waals surface area contributed by atoms with E-state index in [0.717, 1.165) is 32.7 Å². The highest BCUT2D eigenvalue weighted by Crippen LogP contribution is 2.02. The van der Waals surface area contributed by atoms with Gasteiger partial charge in [0.2, 0.25) is 0 Å². The third-order valence-electron chi connectivity index (χ3n) is 2.60. The molecule has 1 fully saturated rings. The van der Waals surface area contributed by atoms with Gasteiger partial charge in [-0.25, -0.2) is 0 Å². The van der Waals surface area contributed by atoms with Crippen LogP contribution in [-0.4, -0.2) is 62.0 Å². The lowest BCUT2D eigenvalue weighted by atomic mass is 10.2. The molecule has 0 aromatic heterocycles. The first-order valence-electron chi connectivity index (χ1n) is 5.36. The minimum absolute atomic E-state index is 0.250. The van der Waals surface area contributed by atoms with Crippen molar-refractivity contribution in [2.24, 2.45) is 0 Å². The molecule has 1 heterocycles. The lowest BCUT2D eigenvalue weighted by Gasteiger charge is -2.30. The summed E-state index contributed by atoms with van der Waals surface area (Å²) in [6, 6.07) is 0.371. The molecule has 4 heteroatoms. The number of hydrogen-bond donors (Lipinski definition) is 2. The smallest absolute Gasteiger partial charge is 0.0826 e. The minimum atomic E-state index is 0.250. The van der Waals surface area contributed by atoms with Crippen LogP contribution in [-0.2, 0) is 4.74 Å². The van der Waals surface area contributed by atoms with Gasteiger partial charge in [-0.15, -0.1) is 0 Å². The molecule has 84 valence electrons. The van der Waals surface area contributed by atoms with Crippen molar-refractivity contribution < 1.29 is 9.84 Å². The number of likely N-dealkylation sites (N-methyl/N-ethyl adjacent to an activating group) is 1. The highest BCUT2D eigenvalue weighted by atomic mass is 16.5. The van der Waals surface area contributed by atoms with E-state index in [-0.39, 0.29) is 6.61 Å². The van der Waals surface area contributed by atoms with Crippen LogP contribution >= 0.6 is 0 Å². The zero-order chi connectivity index (χ0) is 10.4. The zero-order valence-corrected chi connectivity index (χ0v) is 9.20. The number of ether oxygens (including phenoxy) is 1. The first kappa shape index (κ1) is 11.9. The van der Waals surface area contributed by atoms with Crippen LogP contribution in [0.15, 0.2) is 0 Å². The fourth-order valence-electron chi connectivity index (χ4n) is 1.62. The van der Waals surface area contributed by atoms with Crippen molar-refractivity contribution in [1.29, 1.82) is 0 Å².